The molecule has 0 bridgehead atoms. The molecule has 5 atom stereocenters. The summed E-state index contributed by atoms with van der Waals surface area (Å²) in [5.74, 6) is -0.626. The van der Waals surface area contributed by atoms with E-state index in [1.807, 2.05) is 6.08 Å². The van der Waals surface area contributed by atoms with Gasteiger partial charge < -0.3 is 30.8 Å². The van der Waals surface area contributed by atoms with E-state index in [2.05, 4.69) is 25.2 Å². The van der Waals surface area contributed by atoms with Gasteiger partial charge in [0.25, 0.3) is 0 Å². The van der Waals surface area contributed by atoms with E-state index < -0.39 is 43.0 Å². The zero-order valence-electron chi connectivity index (χ0n) is 31.6. The predicted molar refractivity (Wildman–Crippen MR) is 202 cm³/mol. The van der Waals surface area contributed by atoms with Gasteiger partial charge >= 0.3 is 0 Å². The quantitative estimate of drug-likeness (QED) is 0.0286. The number of hydrogen-bond acceptors (Lipinski definition) is 6. The van der Waals surface area contributed by atoms with Gasteiger partial charge in [-0.3, -0.25) is 4.79 Å². The number of hydrogen-bond donors (Lipinski definition) is 6. The zero-order chi connectivity index (χ0) is 35.5. The smallest absolute Gasteiger partial charge is 0.249 e. The van der Waals surface area contributed by atoms with Crippen LogP contribution in [0.3, 0.4) is 0 Å². The maximum atomic E-state index is 12.4. The second kappa shape index (κ2) is 35.8. The van der Waals surface area contributed by atoms with Crippen LogP contribution in [0.2, 0.25) is 0 Å². The average molecular weight is 684 g/mol. The summed E-state index contributed by atoms with van der Waals surface area (Å²) in [6.45, 7) is 3.97. The number of carbonyl (C=O) groups is 1. The maximum absolute atomic E-state index is 12.4. The second-order valence-corrected chi connectivity index (χ2v) is 14.5. The van der Waals surface area contributed by atoms with Crippen molar-refractivity contribution < 1.29 is 30.3 Å². The van der Waals surface area contributed by atoms with Gasteiger partial charge in [0.1, 0.15) is 6.10 Å². The molecule has 0 aromatic heterocycles. The third-order valence-corrected chi connectivity index (χ3v) is 9.82. The first-order valence-corrected chi connectivity index (χ1v) is 20.7. The van der Waals surface area contributed by atoms with E-state index in [-0.39, 0.29) is 6.42 Å². The molecule has 0 aliphatic carbocycles. The van der Waals surface area contributed by atoms with Crippen LogP contribution in [0.25, 0.3) is 0 Å². The molecule has 286 valence electrons. The van der Waals surface area contributed by atoms with Crippen LogP contribution in [0.1, 0.15) is 206 Å². The van der Waals surface area contributed by atoms with Crippen molar-refractivity contribution in [2.24, 2.45) is 0 Å². The van der Waals surface area contributed by atoms with E-state index >= 15 is 0 Å². The molecule has 0 spiro atoms. The molecule has 0 aliphatic heterocycles. The fourth-order valence-electron chi connectivity index (χ4n) is 6.40. The Hall–Kier alpha value is -0.990. The Labute approximate surface area is 296 Å². The minimum absolute atomic E-state index is 0.176. The van der Waals surface area contributed by atoms with Gasteiger partial charge in [0.2, 0.25) is 5.91 Å². The molecule has 0 aromatic carbocycles. The molecule has 7 heteroatoms. The van der Waals surface area contributed by atoms with Crippen molar-refractivity contribution in [3.05, 3.63) is 12.2 Å². The number of allylic oxidation sites excluding steroid dienone is 2. The Morgan fingerprint density at radius 2 is 0.896 bits per heavy atom. The highest BCUT2D eigenvalue weighted by molar-refractivity contribution is 5.80. The van der Waals surface area contributed by atoms with Crippen LogP contribution in [0.15, 0.2) is 12.2 Å². The normalized spacial score (nSPS) is 15.1. The van der Waals surface area contributed by atoms with Crippen molar-refractivity contribution in [2.75, 3.05) is 6.61 Å². The molecule has 0 heterocycles. The lowest BCUT2D eigenvalue weighted by Gasteiger charge is -2.27. The largest absolute Gasteiger partial charge is 0.394 e. The summed E-state index contributed by atoms with van der Waals surface area (Å²) in [5, 5.41) is 53.8. The molecule has 0 unspecified atom stereocenters. The van der Waals surface area contributed by atoms with Crippen LogP contribution in [0, 0.1) is 0 Å². The molecule has 6 N–H and O–H groups in total. The highest BCUT2D eigenvalue weighted by Gasteiger charge is 2.28. The first-order valence-electron chi connectivity index (χ1n) is 20.7. The molecule has 48 heavy (non-hydrogen) atoms. The summed E-state index contributed by atoms with van der Waals surface area (Å²) in [6.07, 6.45) is 33.8. The van der Waals surface area contributed by atoms with Gasteiger partial charge in [0, 0.05) is 6.42 Å². The summed E-state index contributed by atoms with van der Waals surface area (Å²) in [6, 6.07) is -1.02. The van der Waals surface area contributed by atoms with Gasteiger partial charge in [-0.25, -0.2) is 0 Å². The Bertz CT molecular complexity index is 704. The van der Waals surface area contributed by atoms with Crippen molar-refractivity contribution in [2.45, 2.75) is 237 Å². The van der Waals surface area contributed by atoms with E-state index in [4.69, 9.17) is 0 Å². The first-order chi connectivity index (χ1) is 23.4. The minimum Gasteiger partial charge on any atom is -0.394 e. The van der Waals surface area contributed by atoms with Gasteiger partial charge in [-0.15, -0.1) is 0 Å². The van der Waals surface area contributed by atoms with Crippen LogP contribution < -0.4 is 5.32 Å². The Balaban J connectivity index is 3.88. The van der Waals surface area contributed by atoms with E-state index in [1.165, 1.54) is 141 Å². The van der Waals surface area contributed by atoms with Gasteiger partial charge in [0.15, 0.2) is 0 Å². The van der Waals surface area contributed by atoms with Crippen LogP contribution >= 0.6 is 0 Å². The van der Waals surface area contributed by atoms with E-state index in [9.17, 15) is 30.3 Å². The number of carbonyl (C=O) groups excluding carboxylic acids is 1. The molecule has 0 fully saturated rings. The highest BCUT2D eigenvalue weighted by Crippen LogP contribution is 2.16. The Morgan fingerprint density at radius 3 is 1.33 bits per heavy atom. The lowest BCUT2D eigenvalue weighted by atomic mass is 9.98. The van der Waals surface area contributed by atoms with Crippen LogP contribution in [-0.2, 0) is 4.79 Å². The number of aliphatic hydroxyl groups is 5. The third-order valence-electron chi connectivity index (χ3n) is 9.82. The van der Waals surface area contributed by atoms with Gasteiger partial charge in [-0.2, -0.15) is 0 Å². The fraction of sp³-hybridized carbons (Fsp3) is 0.927. The van der Waals surface area contributed by atoms with Crippen molar-refractivity contribution in [1.82, 2.24) is 5.32 Å². The van der Waals surface area contributed by atoms with Gasteiger partial charge in [0.05, 0.1) is 31.0 Å². The molecule has 0 saturated heterocycles. The van der Waals surface area contributed by atoms with Crippen LogP contribution in [0.5, 0.6) is 0 Å². The number of rotatable bonds is 37. The van der Waals surface area contributed by atoms with Crippen molar-refractivity contribution >= 4 is 5.91 Å². The lowest BCUT2D eigenvalue weighted by Crippen LogP contribution is -2.50. The topological polar surface area (TPSA) is 130 Å². The molecule has 0 aliphatic rings. The number of nitrogens with one attached hydrogen (secondary N) is 1. The predicted octanol–water partition coefficient (Wildman–Crippen LogP) is 9.21. The van der Waals surface area contributed by atoms with Gasteiger partial charge in [-0.05, 0) is 32.1 Å². The van der Waals surface area contributed by atoms with E-state index in [1.54, 1.807) is 0 Å². The number of unbranched alkanes of at least 4 members (excludes halogenated alkanes) is 24. The Morgan fingerprint density at radius 1 is 0.500 bits per heavy atom. The van der Waals surface area contributed by atoms with Crippen LogP contribution in [0.4, 0.5) is 0 Å². The van der Waals surface area contributed by atoms with Crippen molar-refractivity contribution in [3.63, 3.8) is 0 Å². The molecule has 0 rings (SSSR count). The average Bonchev–Trinajstić information content (AvgIpc) is 3.08. The molecular weight excluding hydrogens is 602 g/mol. The molecule has 0 saturated carbocycles. The van der Waals surface area contributed by atoms with E-state index in [0.29, 0.717) is 19.3 Å². The summed E-state index contributed by atoms with van der Waals surface area (Å²) in [7, 11) is 0. The molecular formula is C41H81NO6. The monoisotopic (exact) mass is 684 g/mol. The zero-order valence-corrected chi connectivity index (χ0v) is 31.6. The highest BCUT2D eigenvalue weighted by atomic mass is 16.3. The number of amides is 1. The second-order valence-electron chi connectivity index (χ2n) is 14.5. The molecule has 1 amide bonds. The SMILES string of the molecule is CCCCCCCCCCCCCCCC/C=C/CC[C@H](O)[C@H](O)C[C@H](O)[C@H](CO)NC(=O)[C@H](O)CCCCCCCCCCCCC. The van der Waals surface area contributed by atoms with Crippen LogP contribution in [-0.4, -0.2) is 68.5 Å². The lowest BCUT2D eigenvalue weighted by molar-refractivity contribution is -0.132. The number of aliphatic hydroxyl groups excluding tert-OH is 5. The van der Waals surface area contributed by atoms with Crippen molar-refractivity contribution in [3.8, 4) is 0 Å². The summed E-state index contributed by atoms with van der Waals surface area (Å²) >= 11 is 0. The summed E-state index contributed by atoms with van der Waals surface area (Å²) in [5.41, 5.74) is 0. The first kappa shape index (κ1) is 47.0. The van der Waals surface area contributed by atoms with Crippen molar-refractivity contribution in [1.29, 1.82) is 0 Å². The molecule has 0 aromatic rings. The summed E-state index contributed by atoms with van der Waals surface area (Å²) < 4.78 is 0. The summed E-state index contributed by atoms with van der Waals surface area (Å²) in [4.78, 5) is 12.4. The third kappa shape index (κ3) is 29.9. The molecule has 7 nitrogen and oxygen atoms in total. The minimum atomic E-state index is -1.24. The maximum Gasteiger partial charge on any atom is 0.249 e. The fourth-order valence-corrected chi connectivity index (χ4v) is 6.40. The van der Waals surface area contributed by atoms with E-state index in [0.717, 1.165) is 25.7 Å². The standard InChI is InChI=1S/C41H81NO6/c1-3-5-7-9-11-13-15-16-17-18-19-20-21-23-24-26-28-30-32-37(44)40(47)34-39(46)36(35-43)42-41(48)38(45)33-31-29-27-25-22-14-12-10-8-6-4-2/h26,28,36-40,43-47H,3-25,27,29-35H2,1-2H3,(H,42,48)/b28-26+/t36-,37-,38+,39-,40+/m0/s1. The molecule has 0 radical (unpaired) electrons. The van der Waals surface area contributed by atoms with Gasteiger partial charge in [-0.1, -0.05) is 180 Å². The Kier molecular flexibility index (Phi) is 35.1.